The van der Waals surface area contributed by atoms with Gasteiger partial charge in [0, 0.05) is 22.9 Å². The number of rotatable bonds is 6. The van der Waals surface area contributed by atoms with E-state index in [4.69, 9.17) is 32.4 Å². The second kappa shape index (κ2) is 9.21. The van der Waals surface area contributed by atoms with Gasteiger partial charge in [0.2, 0.25) is 15.9 Å². The minimum atomic E-state index is -4.41. The molecule has 9 nitrogen and oxygen atoms in total. The summed E-state index contributed by atoms with van der Waals surface area (Å²) in [6.07, 6.45) is 0.210. The Bertz CT molecular complexity index is 1450. The Morgan fingerprint density at radius 3 is 2.60 bits per heavy atom. The summed E-state index contributed by atoms with van der Waals surface area (Å²) in [5.41, 5.74) is -0.766. The standard InChI is InChI=1S/C22H22Cl2FN3O6S/c1-10-12(23)4-6-14(25)16(10)11(2)18(20-26-27-21(29)34-20)28-35(31,32)15-7-5-13(24)17-19(15)33-9-8-22(17,3)30/h4-7,11,18,28,30H,8-9H2,1-3H3,(H,27,29)/t11-,18+,22?/m1/s1. The highest BCUT2D eigenvalue weighted by atomic mass is 35.5. The second-order valence-corrected chi connectivity index (χ2v) is 11.0. The molecule has 0 amide bonds. The maximum Gasteiger partial charge on any atom is 0.434 e. The largest absolute Gasteiger partial charge is 0.492 e. The van der Waals surface area contributed by atoms with Crippen LogP contribution in [0.25, 0.3) is 0 Å². The van der Waals surface area contributed by atoms with Crippen LogP contribution in [0, 0.1) is 12.7 Å². The first-order valence-corrected chi connectivity index (χ1v) is 12.8. The summed E-state index contributed by atoms with van der Waals surface area (Å²) in [6, 6.07) is 3.81. The van der Waals surface area contributed by atoms with Gasteiger partial charge in [-0.05, 0) is 49.2 Å². The van der Waals surface area contributed by atoms with E-state index in [0.717, 1.165) is 0 Å². The molecule has 188 valence electrons. The molecule has 1 unspecified atom stereocenters. The van der Waals surface area contributed by atoms with Crippen molar-refractivity contribution in [2.75, 3.05) is 6.61 Å². The molecule has 0 saturated heterocycles. The van der Waals surface area contributed by atoms with Gasteiger partial charge in [-0.15, -0.1) is 5.10 Å². The van der Waals surface area contributed by atoms with Gasteiger partial charge < -0.3 is 14.3 Å². The van der Waals surface area contributed by atoms with Crippen molar-refractivity contribution in [1.82, 2.24) is 14.9 Å². The molecule has 1 aromatic heterocycles. The normalized spacial score (nSPS) is 19.6. The molecule has 1 aliphatic heterocycles. The predicted octanol–water partition coefficient (Wildman–Crippen LogP) is 3.93. The van der Waals surface area contributed by atoms with Crippen LogP contribution in [0.4, 0.5) is 4.39 Å². The quantitative estimate of drug-likeness (QED) is 0.427. The third-order valence-corrected chi connectivity index (χ3v) is 8.28. The summed E-state index contributed by atoms with van der Waals surface area (Å²) >= 11 is 12.4. The number of hydrogen-bond donors (Lipinski definition) is 3. The van der Waals surface area contributed by atoms with E-state index in [-0.39, 0.29) is 50.7 Å². The van der Waals surface area contributed by atoms with Gasteiger partial charge in [0.05, 0.1) is 17.2 Å². The molecule has 4 rings (SSSR count). The number of H-pyrrole nitrogens is 1. The zero-order valence-corrected chi connectivity index (χ0v) is 21.2. The minimum Gasteiger partial charge on any atom is -0.492 e. The van der Waals surface area contributed by atoms with Crippen molar-refractivity contribution in [3.63, 3.8) is 0 Å². The van der Waals surface area contributed by atoms with E-state index in [9.17, 15) is 22.7 Å². The van der Waals surface area contributed by atoms with E-state index in [1.165, 1.54) is 31.2 Å². The Kier molecular flexibility index (Phi) is 6.75. The fourth-order valence-corrected chi connectivity index (χ4v) is 6.17. The smallest absolute Gasteiger partial charge is 0.434 e. The summed E-state index contributed by atoms with van der Waals surface area (Å²) < 4.78 is 55.2. The molecule has 3 aromatic rings. The highest BCUT2D eigenvalue weighted by molar-refractivity contribution is 7.89. The number of aromatic amines is 1. The van der Waals surface area contributed by atoms with Crippen molar-refractivity contribution in [3.05, 3.63) is 73.3 Å². The first-order chi connectivity index (χ1) is 16.3. The Hall–Kier alpha value is -2.44. The number of benzene rings is 2. The van der Waals surface area contributed by atoms with Crippen LogP contribution in [0.1, 0.15) is 54.8 Å². The molecule has 35 heavy (non-hydrogen) atoms. The van der Waals surface area contributed by atoms with Gasteiger partial charge in [-0.2, -0.15) is 4.72 Å². The molecule has 1 aliphatic rings. The number of fused-ring (bicyclic) bond motifs is 1. The lowest BCUT2D eigenvalue weighted by molar-refractivity contribution is 0.0135. The monoisotopic (exact) mass is 545 g/mol. The van der Waals surface area contributed by atoms with Gasteiger partial charge in [0.25, 0.3) is 0 Å². The van der Waals surface area contributed by atoms with E-state index in [0.29, 0.717) is 5.56 Å². The third kappa shape index (κ3) is 4.70. The average Bonchev–Trinajstić information content (AvgIpc) is 3.20. The van der Waals surface area contributed by atoms with Gasteiger partial charge in [-0.25, -0.2) is 22.7 Å². The molecule has 3 N–H and O–H groups in total. The van der Waals surface area contributed by atoms with Crippen molar-refractivity contribution in [2.24, 2.45) is 0 Å². The van der Waals surface area contributed by atoms with E-state index < -0.39 is 39.2 Å². The topological polar surface area (TPSA) is 135 Å². The Morgan fingerprint density at radius 1 is 1.26 bits per heavy atom. The molecule has 3 atom stereocenters. The van der Waals surface area contributed by atoms with Crippen LogP contribution in [0.5, 0.6) is 5.75 Å². The zero-order valence-electron chi connectivity index (χ0n) is 18.9. The lowest BCUT2D eigenvalue weighted by Crippen LogP contribution is -2.35. The maximum atomic E-state index is 14.9. The van der Waals surface area contributed by atoms with Crippen molar-refractivity contribution >= 4 is 33.2 Å². The minimum absolute atomic E-state index is 0.0594. The molecule has 0 fully saturated rings. The summed E-state index contributed by atoms with van der Waals surface area (Å²) in [5, 5.41) is 17.1. The number of hydrogen-bond acceptors (Lipinski definition) is 7. The van der Waals surface area contributed by atoms with Crippen molar-refractivity contribution in [2.45, 2.75) is 49.6 Å². The fourth-order valence-electron chi connectivity index (χ4n) is 4.24. The summed E-state index contributed by atoms with van der Waals surface area (Å²) in [7, 11) is -4.41. The third-order valence-electron chi connectivity index (χ3n) is 6.09. The number of nitrogens with one attached hydrogen (secondary N) is 2. The van der Waals surface area contributed by atoms with Crippen LogP contribution in [-0.4, -0.2) is 30.3 Å². The molecule has 0 spiro atoms. The lowest BCUT2D eigenvalue weighted by Gasteiger charge is -2.33. The molecule has 0 bridgehead atoms. The van der Waals surface area contributed by atoms with Crippen molar-refractivity contribution in [1.29, 1.82) is 0 Å². The van der Waals surface area contributed by atoms with Gasteiger partial charge in [-0.1, -0.05) is 30.1 Å². The number of aromatic nitrogens is 2. The van der Waals surface area contributed by atoms with Crippen molar-refractivity contribution in [3.8, 4) is 5.75 Å². The first kappa shape index (κ1) is 25.6. The Morgan fingerprint density at radius 2 is 1.94 bits per heavy atom. The van der Waals surface area contributed by atoms with E-state index in [1.54, 1.807) is 13.8 Å². The average molecular weight is 546 g/mol. The summed E-state index contributed by atoms with van der Waals surface area (Å²) in [6.45, 7) is 4.71. The van der Waals surface area contributed by atoms with Gasteiger partial charge in [-0.3, -0.25) is 0 Å². The van der Waals surface area contributed by atoms with Crippen LogP contribution in [0.2, 0.25) is 10.0 Å². The van der Waals surface area contributed by atoms with Crippen molar-refractivity contribution < 1.29 is 27.1 Å². The molecule has 0 saturated carbocycles. The number of sulfonamides is 1. The van der Waals surface area contributed by atoms with Crippen LogP contribution in [0.3, 0.4) is 0 Å². The maximum absolute atomic E-state index is 14.9. The molecule has 13 heteroatoms. The second-order valence-electron chi connectivity index (χ2n) is 8.53. The number of halogens is 3. The van der Waals surface area contributed by atoms with Gasteiger partial charge in [0.15, 0.2) is 0 Å². The molecule has 0 radical (unpaired) electrons. The SMILES string of the molecule is Cc1c(Cl)ccc(F)c1[C@@H](C)[C@H](NS(=O)(=O)c1ccc(Cl)c2c1OCCC2(C)O)c1n[nH]c(=O)o1. The molecular formula is C22H22Cl2FN3O6S. The Labute approximate surface area is 210 Å². The molecule has 0 aliphatic carbocycles. The predicted molar refractivity (Wildman–Crippen MR) is 126 cm³/mol. The highest BCUT2D eigenvalue weighted by Crippen LogP contribution is 2.45. The number of aliphatic hydroxyl groups is 1. The first-order valence-electron chi connectivity index (χ1n) is 10.5. The van der Waals surface area contributed by atoms with Gasteiger partial charge >= 0.3 is 5.76 Å². The highest BCUT2D eigenvalue weighted by Gasteiger charge is 2.39. The number of nitrogens with zero attached hydrogens (tertiary/aromatic N) is 1. The van der Waals surface area contributed by atoms with E-state index >= 15 is 0 Å². The Balaban J connectivity index is 1.84. The van der Waals surface area contributed by atoms with Crippen LogP contribution < -0.4 is 15.2 Å². The van der Waals surface area contributed by atoms with Crippen LogP contribution >= 0.6 is 23.2 Å². The van der Waals surface area contributed by atoms with E-state index in [1.807, 2.05) is 0 Å². The van der Waals surface area contributed by atoms with Crippen LogP contribution in [0.15, 0.2) is 38.4 Å². The molecule has 2 aromatic carbocycles. The van der Waals surface area contributed by atoms with E-state index in [2.05, 4.69) is 14.9 Å². The van der Waals surface area contributed by atoms with Gasteiger partial charge in [0.1, 0.15) is 22.5 Å². The number of ether oxygens (including phenoxy) is 1. The fraction of sp³-hybridized carbons (Fsp3) is 0.364. The van der Waals surface area contributed by atoms with Crippen LogP contribution in [-0.2, 0) is 15.6 Å². The summed E-state index contributed by atoms with van der Waals surface area (Å²) in [5.74, 6) is -2.85. The summed E-state index contributed by atoms with van der Waals surface area (Å²) in [4.78, 5) is 11.4. The lowest BCUT2D eigenvalue weighted by atomic mass is 9.90. The molecular weight excluding hydrogens is 524 g/mol. The zero-order chi connectivity index (χ0) is 25.7. The molecule has 2 heterocycles.